The normalized spacial score (nSPS) is 12.4. The Bertz CT molecular complexity index is 923. The van der Waals surface area contributed by atoms with Crippen LogP contribution in [0.1, 0.15) is 16.2 Å². The number of nitrogens with zero attached hydrogens (tertiary/aromatic N) is 4. The molecule has 0 spiro atoms. The van der Waals surface area contributed by atoms with E-state index in [0.717, 1.165) is 0 Å². The van der Waals surface area contributed by atoms with Gasteiger partial charge in [0.05, 0.1) is 13.7 Å². The molecule has 1 aliphatic rings. The monoisotopic (exact) mass is 327 g/mol. The van der Waals surface area contributed by atoms with Gasteiger partial charge in [0, 0.05) is 11.6 Å². The van der Waals surface area contributed by atoms with Crippen LogP contribution in [-0.4, -0.2) is 39.6 Å². The summed E-state index contributed by atoms with van der Waals surface area (Å²) in [4.78, 5) is 12.3. The summed E-state index contributed by atoms with van der Waals surface area (Å²) in [6.07, 6.45) is 0. The number of hydrogen-bond acceptors (Lipinski definition) is 7. The number of nitrogens with one attached hydrogen (secondary N) is 1. The van der Waals surface area contributed by atoms with Crippen LogP contribution in [0.3, 0.4) is 0 Å². The minimum atomic E-state index is -0.257. The first-order valence-electron chi connectivity index (χ1n) is 7.18. The van der Waals surface area contributed by atoms with Crippen LogP contribution < -0.4 is 19.5 Å². The van der Waals surface area contributed by atoms with Crippen LogP contribution in [0.2, 0.25) is 0 Å². The first-order chi connectivity index (χ1) is 11.7. The lowest BCUT2D eigenvalue weighted by molar-refractivity contribution is 0.0949. The van der Waals surface area contributed by atoms with E-state index in [1.54, 1.807) is 30.3 Å². The molecule has 3 aromatic rings. The van der Waals surface area contributed by atoms with Gasteiger partial charge in [0.1, 0.15) is 0 Å². The molecule has 0 radical (unpaired) electrons. The van der Waals surface area contributed by atoms with Gasteiger partial charge in [0.25, 0.3) is 5.91 Å². The SMILES string of the molecule is COc1ccc2nnc(CNC(=O)c3ccc4c(c3)OCO4)n2n1. The molecule has 0 saturated carbocycles. The lowest BCUT2D eigenvalue weighted by Gasteiger charge is -2.05. The highest BCUT2D eigenvalue weighted by molar-refractivity contribution is 5.94. The Morgan fingerprint density at radius 1 is 1.25 bits per heavy atom. The van der Waals surface area contributed by atoms with Gasteiger partial charge in [-0.2, -0.15) is 4.52 Å². The van der Waals surface area contributed by atoms with E-state index < -0.39 is 0 Å². The lowest BCUT2D eigenvalue weighted by Crippen LogP contribution is -2.24. The minimum Gasteiger partial charge on any atom is -0.480 e. The standard InChI is InChI=1S/C15H13N5O4/c1-22-14-5-4-12-17-18-13(20(12)19-14)7-16-15(21)9-2-3-10-11(6-9)24-8-23-10/h2-6H,7-8H2,1H3,(H,16,21). The van der Waals surface area contributed by atoms with Crippen LogP contribution in [0, 0.1) is 0 Å². The predicted octanol–water partition coefficient (Wildman–Crippen LogP) is 0.792. The fraction of sp³-hybridized carbons (Fsp3) is 0.200. The summed E-state index contributed by atoms with van der Waals surface area (Å²) >= 11 is 0. The molecule has 1 aromatic carbocycles. The Morgan fingerprint density at radius 3 is 3.00 bits per heavy atom. The molecule has 0 saturated heterocycles. The van der Waals surface area contributed by atoms with Crippen molar-refractivity contribution in [3.8, 4) is 17.4 Å². The molecule has 0 fully saturated rings. The van der Waals surface area contributed by atoms with Gasteiger partial charge in [-0.15, -0.1) is 15.3 Å². The maximum Gasteiger partial charge on any atom is 0.251 e. The number of fused-ring (bicyclic) bond motifs is 2. The maximum absolute atomic E-state index is 12.3. The fourth-order valence-corrected chi connectivity index (χ4v) is 2.33. The number of carbonyl (C=O) groups excluding carboxylic acids is 1. The topological polar surface area (TPSA) is 99.9 Å². The van der Waals surface area contributed by atoms with E-state index >= 15 is 0 Å². The fourth-order valence-electron chi connectivity index (χ4n) is 2.33. The average molecular weight is 327 g/mol. The maximum atomic E-state index is 12.3. The van der Waals surface area contributed by atoms with Gasteiger partial charge in [-0.05, 0) is 24.3 Å². The molecule has 1 aliphatic heterocycles. The van der Waals surface area contributed by atoms with Crippen molar-refractivity contribution in [1.29, 1.82) is 0 Å². The van der Waals surface area contributed by atoms with Gasteiger partial charge in [-0.25, -0.2) is 0 Å². The van der Waals surface area contributed by atoms with E-state index in [1.165, 1.54) is 11.6 Å². The van der Waals surface area contributed by atoms with E-state index in [4.69, 9.17) is 14.2 Å². The van der Waals surface area contributed by atoms with Gasteiger partial charge in [0.2, 0.25) is 12.7 Å². The number of carbonyl (C=O) groups is 1. The number of hydrogen-bond donors (Lipinski definition) is 1. The number of aromatic nitrogens is 4. The van der Waals surface area contributed by atoms with E-state index in [1.807, 2.05) is 0 Å². The van der Waals surface area contributed by atoms with Gasteiger partial charge < -0.3 is 19.5 Å². The predicted molar refractivity (Wildman–Crippen MR) is 81.1 cm³/mol. The van der Waals surface area contributed by atoms with Crippen molar-refractivity contribution in [2.45, 2.75) is 6.54 Å². The molecule has 1 N–H and O–H groups in total. The second-order valence-electron chi connectivity index (χ2n) is 5.01. The minimum absolute atomic E-state index is 0.166. The van der Waals surface area contributed by atoms with Gasteiger partial charge in [-0.1, -0.05) is 0 Å². The van der Waals surface area contributed by atoms with Crippen LogP contribution in [0.15, 0.2) is 30.3 Å². The summed E-state index contributed by atoms with van der Waals surface area (Å²) in [6, 6.07) is 8.45. The van der Waals surface area contributed by atoms with Gasteiger partial charge in [0.15, 0.2) is 23.0 Å². The molecule has 0 aliphatic carbocycles. The number of benzene rings is 1. The summed E-state index contributed by atoms with van der Waals surface area (Å²) in [6.45, 7) is 0.342. The van der Waals surface area contributed by atoms with Crippen molar-refractivity contribution in [3.63, 3.8) is 0 Å². The highest BCUT2D eigenvalue weighted by Gasteiger charge is 2.17. The van der Waals surface area contributed by atoms with E-state index in [0.29, 0.717) is 34.4 Å². The van der Waals surface area contributed by atoms with Gasteiger partial charge >= 0.3 is 0 Å². The van der Waals surface area contributed by atoms with E-state index in [2.05, 4.69) is 20.6 Å². The summed E-state index contributed by atoms with van der Waals surface area (Å²) in [5, 5.41) is 15.0. The number of rotatable bonds is 4. The highest BCUT2D eigenvalue weighted by atomic mass is 16.7. The zero-order valence-corrected chi connectivity index (χ0v) is 12.7. The Labute approximate surface area is 136 Å². The Morgan fingerprint density at radius 2 is 2.12 bits per heavy atom. The second kappa shape index (κ2) is 5.69. The highest BCUT2D eigenvalue weighted by Crippen LogP contribution is 2.32. The molecule has 122 valence electrons. The molecule has 0 unspecified atom stereocenters. The summed E-state index contributed by atoms with van der Waals surface area (Å²) < 4.78 is 17.1. The van der Waals surface area contributed by atoms with Crippen molar-refractivity contribution in [2.24, 2.45) is 0 Å². The smallest absolute Gasteiger partial charge is 0.251 e. The van der Waals surface area contributed by atoms with Gasteiger partial charge in [-0.3, -0.25) is 4.79 Å². The molecule has 3 heterocycles. The molecule has 2 aromatic heterocycles. The summed E-state index contributed by atoms with van der Waals surface area (Å²) in [5.74, 6) is 1.87. The molecular formula is C15H13N5O4. The van der Waals surface area contributed by atoms with Crippen molar-refractivity contribution in [3.05, 3.63) is 41.7 Å². The van der Waals surface area contributed by atoms with Crippen molar-refractivity contribution < 1.29 is 19.0 Å². The quantitative estimate of drug-likeness (QED) is 0.756. The van der Waals surface area contributed by atoms with Crippen LogP contribution in [0.5, 0.6) is 17.4 Å². The molecule has 1 amide bonds. The lowest BCUT2D eigenvalue weighted by atomic mass is 10.2. The number of methoxy groups -OCH3 is 1. The molecule has 0 atom stereocenters. The molecule has 0 bridgehead atoms. The largest absolute Gasteiger partial charge is 0.480 e. The van der Waals surface area contributed by atoms with Crippen LogP contribution in [0.25, 0.3) is 5.65 Å². The molecular weight excluding hydrogens is 314 g/mol. The third-order valence-electron chi connectivity index (χ3n) is 3.55. The van der Waals surface area contributed by atoms with Crippen molar-refractivity contribution in [1.82, 2.24) is 25.1 Å². The molecule has 24 heavy (non-hydrogen) atoms. The Kier molecular flexibility index (Phi) is 3.38. The number of ether oxygens (including phenoxy) is 3. The third kappa shape index (κ3) is 2.45. The molecule has 4 rings (SSSR count). The van der Waals surface area contributed by atoms with E-state index in [-0.39, 0.29) is 19.2 Å². The van der Waals surface area contributed by atoms with Crippen molar-refractivity contribution in [2.75, 3.05) is 13.9 Å². The first kappa shape index (κ1) is 14.2. The second-order valence-corrected chi connectivity index (χ2v) is 5.01. The summed E-state index contributed by atoms with van der Waals surface area (Å²) in [7, 11) is 1.53. The third-order valence-corrected chi connectivity index (χ3v) is 3.55. The van der Waals surface area contributed by atoms with Crippen LogP contribution in [-0.2, 0) is 6.54 Å². The van der Waals surface area contributed by atoms with Crippen molar-refractivity contribution >= 4 is 11.6 Å². The van der Waals surface area contributed by atoms with Crippen LogP contribution in [0.4, 0.5) is 0 Å². The zero-order valence-electron chi connectivity index (χ0n) is 12.7. The zero-order chi connectivity index (χ0) is 16.5. The van der Waals surface area contributed by atoms with E-state index in [9.17, 15) is 4.79 Å². The summed E-state index contributed by atoms with van der Waals surface area (Å²) in [5.41, 5.74) is 1.04. The molecule has 9 nitrogen and oxygen atoms in total. The number of amides is 1. The Balaban J connectivity index is 1.51. The molecule has 9 heteroatoms. The first-order valence-corrected chi connectivity index (χ1v) is 7.18. The Hall–Kier alpha value is -3.36. The van der Waals surface area contributed by atoms with Crippen LogP contribution >= 0.6 is 0 Å². The average Bonchev–Trinajstić information content (AvgIpc) is 3.24.